The van der Waals surface area contributed by atoms with Crippen LogP contribution in [0.4, 0.5) is 0 Å². The molecule has 1 atom stereocenters. The van der Waals surface area contributed by atoms with E-state index in [-0.39, 0.29) is 6.61 Å². The molecule has 0 aromatic heterocycles. The first-order valence-electron chi connectivity index (χ1n) is 2.84. The van der Waals surface area contributed by atoms with Crippen molar-refractivity contribution in [1.82, 2.24) is 0 Å². The maximum Gasteiger partial charge on any atom is 0.337 e. The van der Waals surface area contributed by atoms with Crippen molar-refractivity contribution in [3.8, 4) is 0 Å². The molecule has 1 unspecified atom stereocenters. The van der Waals surface area contributed by atoms with E-state index in [1.807, 2.05) is 0 Å². The van der Waals surface area contributed by atoms with Gasteiger partial charge in [-0.05, 0) is 0 Å². The Labute approximate surface area is 55.8 Å². The first-order chi connectivity index (χ1) is 4.27. The quantitative estimate of drug-likeness (QED) is 0.458. The lowest BCUT2D eigenvalue weighted by atomic mass is 10.7. The summed E-state index contributed by atoms with van der Waals surface area (Å²) < 4.78 is 15.3. The predicted molar refractivity (Wildman–Crippen MR) is 36.3 cm³/mol. The summed E-state index contributed by atoms with van der Waals surface area (Å²) in [5, 5.41) is 8.23. The minimum atomic E-state index is -1.07. The van der Waals surface area contributed by atoms with E-state index in [0.717, 1.165) is 0 Å². The number of hydrogen-bond acceptors (Lipinski definition) is 3. The third kappa shape index (κ3) is 8.02. The highest BCUT2D eigenvalue weighted by atomic mass is 31.1. The second-order valence-electron chi connectivity index (χ2n) is 1.69. The monoisotopic (exact) mass is 151 g/mol. The van der Waals surface area contributed by atoms with Gasteiger partial charge in [-0.2, -0.15) is 0 Å². The summed E-state index contributed by atoms with van der Waals surface area (Å²) in [5.74, 6) is 0. The smallest absolute Gasteiger partial charge is 0.337 e. The average molecular weight is 151 g/mol. The first-order valence-corrected chi connectivity index (χ1v) is 4.73. The van der Waals surface area contributed by atoms with Crippen molar-refractivity contribution in [3.05, 3.63) is 0 Å². The Hall–Kier alpha value is 0.0200. The molecule has 0 saturated heterocycles. The molecule has 0 radical (unpaired) electrons. The minimum Gasteiger partial charge on any atom is -0.394 e. The van der Waals surface area contributed by atoms with Crippen molar-refractivity contribution in [2.45, 2.75) is 0 Å². The molecule has 0 heterocycles. The lowest BCUT2D eigenvalue weighted by Gasteiger charge is -1.93. The lowest BCUT2D eigenvalue weighted by Crippen LogP contribution is -2.01. The van der Waals surface area contributed by atoms with Crippen LogP contribution < -0.4 is 0 Å². The fraction of sp³-hybridized carbons (Fsp3) is 1.00. The number of ether oxygens (including phenoxy) is 1. The van der Waals surface area contributed by atoms with Crippen LogP contribution in [0, 0.1) is 0 Å². The van der Waals surface area contributed by atoms with Crippen LogP contribution in [0.5, 0.6) is 0 Å². The normalized spacial score (nSPS) is 11.6. The van der Waals surface area contributed by atoms with E-state index in [1.165, 1.54) is 0 Å². The maximum absolute atomic E-state index is 10.4. The van der Waals surface area contributed by atoms with Gasteiger partial charge in [-0.3, -0.25) is 0 Å². The molecule has 4 heteroatoms. The van der Waals surface area contributed by atoms with Gasteiger partial charge in [0.15, 0.2) is 6.16 Å². The van der Waals surface area contributed by atoms with Crippen LogP contribution in [0.3, 0.4) is 0 Å². The van der Waals surface area contributed by atoms with E-state index >= 15 is 0 Å². The highest BCUT2D eigenvalue weighted by molar-refractivity contribution is 7.43. The first kappa shape index (κ1) is 9.02. The molecule has 0 amide bonds. The zero-order valence-electron chi connectivity index (χ0n) is 5.54. The van der Waals surface area contributed by atoms with Gasteiger partial charge < -0.3 is 9.84 Å². The van der Waals surface area contributed by atoms with Crippen molar-refractivity contribution >= 4 is 7.80 Å². The van der Waals surface area contributed by atoms with Crippen LogP contribution in [0.25, 0.3) is 0 Å². The molecule has 1 N–H and O–H groups in total. The SMILES string of the molecule is C[P+](=O)CCOCCO. The summed E-state index contributed by atoms with van der Waals surface area (Å²) in [7, 11) is -1.07. The van der Waals surface area contributed by atoms with E-state index in [4.69, 9.17) is 9.84 Å². The average Bonchev–Trinajstić information content (AvgIpc) is 1.80. The van der Waals surface area contributed by atoms with Crippen molar-refractivity contribution in [1.29, 1.82) is 0 Å². The van der Waals surface area contributed by atoms with Gasteiger partial charge in [0.1, 0.15) is 6.66 Å². The highest BCUT2D eigenvalue weighted by Crippen LogP contribution is 2.11. The van der Waals surface area contributed by atoms with Gasteiger partial charge in [0.25, 0.3) is 0 Å². The Balaban J connectivity index is 2.83. The summed E-state index contributed by atoms with van der Waals surface area (Å²) in [6, 6.07) is 0. The number of rotatable bonds is 5. The highest BCUT2D eigenvalue weighted by Gasteiger charge is 2.03. The van der Waals surface area contributed by atoms with Crippen molar-refractivity contribution < 1.29 is 14.4 Å². The van der Waals surface area contributed by atoms with Crippen LogP contribution >= 0.6 is 7.80 Å². The molecular formula is C5H12O3P+. The molecule has 0 aliphatic rings. The number of hydrogen-bond donors (Lipinski definition) is 1. The molecule has 0 aliphatic heterocycles. The van der Waals surface area contributed by atoms with Crippen LogP contribution in [-0.2, 0) is 9.30 Å². The standard InChI is InChI=1S/C5H12O3P/c1-9(7)5-4-8-3-2-6/h6H,2-5H2,1H3/q+1. The maximum atomic E-state index is 10.4. The molecule has 0 rings (SSSR count). The van der Waals surface area contributed by atoms with Crippen molar-refractivity contribution in [3.63, 3.8) is 0 Å². The largest absolute Gasteiger partial charge is 0.394 e. The Kier molecular flexibility index (Phi) is 6.16. The second-order valence-corrected chi connectivity index (χ2v) is 3.39. The van der Waals surface area contributed by atoms with Gasteiger partial charge in [0.05, 0.1) is 19.8 Å². The Morgan fingerprint density at radius 3 is 2.67 bits per heavy atom. The van der Waals surface area contributed by atoms with E-state index in [0.29, 0.717) is 19.4 Å². The molecule has 54 valence electrons. The molecule has 0 aromatic carbocycles. The van der Waals surface area contributed by atoms with Gasteiger partial charge in [-0.1, -0.05) is 4.57 Å². The van der Waals surface area contributed by atoms with Crippen LogP contribution in [0.2, 0.25) is 0 Å². The molecule has 0 aromatic rings. The summed E-state index contributed by atoms with van der Waals surface area (Å²) in [6.07, 6.45) is 0.593. The minimum absolute atomic E-state index is 0.0422. The summed E-state index contributed by atoms with van der Waals surface area (Å²) in [6.45, 7) is 2.55. The lowest BCUT2D eigenvalue weighted by molar-refractivity contribution is 0.103. The Morgan fingerprint density at radius 2 is 2.22 bits per heavy atom. The predicted octanol–water partition coefficient (Wildman–Crippen LogP) is 0.452. The summed E-state index contributed by atoms with van der Waals surface area (Å²) in [4.78, 5) is 0. The fourth-order valence-electron chi connectivity index (χ4n) is 0.360. The summed E-state index contributed by atoms with van der Waals surface area (Å²) in [5.41, 5.74) is 0. The topological polar surface area (TPSA) is 46.5 Å². The Morgan fingerprint density at radius 1 is 1.56 bits per heavy atom. The van der Waals surface area contributed by atoms with Gasteiger partial charge in [-0.25, -0.2) is 0 Å². The van der Waals surface area contributed by atoms with Crippen LogP contribution in [0.15, 0.2) is 0 Å². The van der Waals surface area contributed by atoms with Gasteiger partial charge in [0.2, 0.25) is 0 Å². The van der Waals surface area contributed by atoms with E-state index in [9.17, 15) is 4.57 Å². The number of aliphatic hydroxyl groups is 1. The molecule has 0 bridgehead atoms. The zero-order chi connectivity index (χ0) is 7.11. The van der Waals surface area contributed by atoms with Gasteiger partial charge in [-0.15, -0.1) is 0 Å². The molecule has 3 nitrogen and oxygen atoms in total. The molecule has 9 heavy (non-hydrogen) atoms. The fourth-order valence-corrected chi connectivity index (χ4v) is 0.746. The summed E-state index contributed by atoms with van der Waals surface area (Å²) >= 11 is 0. The van der Waals surface area contributed by atoms with E-state index < -0.39 is 7.80 Å². The third-order valence-electron chi connectivity index (χ3n) is 0.786. The van der Waals surface area contributed by atoms with E-state index in [1.54, 1.807) is 6.66 Å². The van der Waals surface area contributed by atoms with Crippen molar-refractivity contribution in [2.24, 2.45) is 0 Å². The molecular weight excluding hydrogens is 139 g/mol. The molecule has 0 saturated carbocycles. The van der Waals surface area contributed by atoms with Gasteiger partial charge >= 0.3 is 7.80 Å². The molecule has 0 fully saturated rings. The molecule has 0 spiro atoms. The van der Waals surface area contributed by atoms with Crippen LogP contribution in [-0.4, -0.2) is 37.8 Å². The van der Waals surface area contributed by atoms with Crippen molar-refractivity contribution in [2.75, 3.05) is 32.6 Å². The Bertz CT molecular complexity index is 84.3. The zero-order valence-corrected chi connectivity index (χ0v) is 6.43. The van der Waals surface area contributed by atoms with E-state index in [2.05, 4.69) is 0 Å². The molecule has 0 aliphatic carbocycles. The second kappa shape index (κ2) is 6.14. The van der Waals surface area contributed by atoms with Crippen LogP contribution in [0.1, 0.15) is 0 Å². The number of aliphatic hydroxyl groups excluding tert-OH is 1. The third-order valence-corrected chi connectivity index (χ3v) is 1.60. The van der Waals surface area contributed by atoms with Gasteiger partial charge in [0, 0.05) is 0 Å².